The highest BCUT2D eigenvalue weighted by Gasteiger charge is 2.06. The molecule has 0 saturated heterocycles. The van der Waals surface area contributed by atoms with E-state index in [-0.39, 0.29) is 18.4 Å². The number of carbonyl (C=O) groups excluding carboxylic acids is 2. The van der Waals surface area contributed by atoms with E-state index in [1.54, 1.807) is 24.3 Å². The Balaban J connectivity index is 1.76. The maximum Gasteiger partial charge on any atom is 0.251 e. The molecule has 3 N–H and O–H groups in total. The fourth-order valence-corrected chi connectivity index (χ4v) is 2.29. The molecule has 2 aromatic rings. The molecule has 0 unspecified atom stereocenters. The summed E-state index contributed by atoms with van der Waals surface area (Å²) in [6.45, 7) is 3.40. The summed E-state index contributed by atoms with van der Waals surface area (Å²) < 4.78 is 0. The van der Waals surface area contributed by atoms with E-state index in [2.05, 4.69) is 28.1 Å². The molecule has 0 saturated carbocycles. The van der Waals surface area contributed by atoms with Crippen LogP contribution in [0.2, 0.25) is 0 Å². The van der Waals surface area contributed by atoms with Crippen molar-refractivity contribution < 1.29 is 9.59 Å². The minimum atomic E-state index is -0.144. The predicted molar refractivity (Wildman–Crippen MR) is 96.1 cm³/mol. The standard InChI is InChI=1S/C19H23N3O2/c1-2-21-19(24)16-9-6-10-17(13-16)22-18(23)14-20-12-11-15-7-4-3-5-8-15/h3-10,13,20H,2,11-12,14H2,1H3,(H,21,24)(H,22,23). The smallest absolute Gasteiger partial charge is 0.251 e. The van der Waals surface area contributed by atoms with Crippen molar-refractivity contribution in [2.24, 2.45) is 0 Å². The molecule has 0 fully saturated rings. The lowest BCUT2D eigenvalue weighted by Crippen LogP contribution is -2.29. The van der Waals surface area contributed by atoms with Crippen LogP contribution in [-0.2, 0) is 11.2 Å². The lowest BCUT2D eigenvalue weighted by atomic mass is 10.1. The molecule has 2 rings (SSSR count). The van der Waals surface area contributed by atoms with Crippen LogP contribution in [-0.4, -0.2) is 31.4 Å². The average molecular weight is 325 g/mol. The van der Waals surface area contributed by atoms with Crippen molar-refractivity contribution in [3.63, 3.8) is 0 Å². The molecule has 0 aliphatic rings. The van der Waals surface area contributed by atoms with E-state index in [4.69, 9.17) is 0 Å². The van der Waals surface area contributed by atoms with Crippen LogP contribution in [0.5, 0.6) is 0 Å². The summed E-state index contributed by atoms with van der Waals surface area (Å²) in [5.41, 5.74) is 2.39. The monoisotopic (exact) mass is 325 g/mol. The Morgan fingerprint density at radius 3 is 2.54 bits per heavy atom. The summed E-state index contributed by atoms with van der Waals surface area (Å²) >= 11 is 0. The van der Waals surface area contributed by atoms with Crippen molar-refractivity contribution in [2.75, 3.05) is 25.0 Å². The molecule has 5 heteroatoms. The Labute approximate surface area is 142 Å². The molecule has 0 radical (unpaired) electrons. The van der Waals surface area contributed by atoms with Crippen LogP contribution in [0.1, 0.15) is 22.8 Å². The molecular formula is C19H23N3O2. The van der Waals surface area contributed by atoms with Gasteiger partial charge in [-0.3, -0.25) is 9.59 Å². The van der Waals surface area contributed by atoms with Gasteiger partial charge in [-0.2, -0.15) is 0 Å². The molecule has 126 valence electrons. The van der Waals surface area contributed by atoms with Gasteiger partial charge < -0.3 is 16.0 Å². The zero-order chi connectivity index (χ0) is 17.2. The summed E-state index contributed by atoms with van der Waals surface area (Å²) in [5.74, 6) is -0.273. The lowest BCUT2D eigenvalue weighted by Gasteiger charge is -2.08. The fourth-order valence-electron chi connectivity index (χ4n) is 2.29. The summed E-state index contributed by atoms with van der Waals surface area (Å²) in [7, 11) is 0. The first-order valence-electron chi connectivity index (χ1n) is 8.12. The van der Waals surface area contributed by atoms with Crippen LogP contribution in [0.3, 0.4) is 0 Å². The molecule has 0 aliphatic heterocycles. The molecule has 5 nitrogen and oxygen atoms in total. The highest BCUT2D eigenvalue weighted by molar-refractivity contribution is 5.97. The number of benzene rings is 2. The minimum Gasteiger partial charge on any atom is -0.352 e. The van der Waals surface area contributed by atoms with Gasteiger partial charge in [-0.1, -0.05) is 36.4 Å². The van der Waals surface area contributed by atoms with Crippen LogP contribution in [0.15, 0.2) is 54.6 Å². The van der Waals surface area contributed by atoms with Gasteiger partial charge in [-0.05, 0) is 43.7 Å². The number of rotatable bonds is 8. The summed E-state index contributed by atoms with van der Waals surface area (Å²) in [6.07, 6.45) is 0.876. The molecule has 0 aliphatic carbocycles. The zero-order valence-corrected chi connectivity index (χ0v) is 13.8. The molecule has 0 heterocycles. The van der Waals surface area contributed by atoms with Gasteiger partial charge in [0.2, 0.25) is 5.91 Å². The number of nitrogens with one attached hydrogen (secondary N) is 3. The van der Waals surface area contributed by atoms with E-state index in [1.807, 2.05) is 25.1 Å². The maximum absolute atomic E-state index is 12.0. The van der Waals surface area contributed by atoms with Crippen molar-refractivity contribution >= 4 is 17.5 Å². The van der Waals surface area contributed by atoms with E-state index >= 15 is 0 Å². The van der Waals surface area contributed by atoms with E-state index in [0.717, 1.165) is 13.0 Å². The topological polar surface area (TPSA) is 70.2 Å². The largest absolute Gasteiger partial charge is 0.352 e. The number of carbonyl (C=O) groups is 2. The molecular weight excluding hydrogens is 302 g/mol. The van der Waals surface area contributed by atoms with Crippen molar-refractivity contribution in [3.05, 3.63) is 65.7 Å². The van der Waals surface area contributed by atoms with Gasteiger partial charge >= 0.3 is 0 Å². The van der Waals surface area contributed by atoms with Gasteiger partial charge in [-0.25, -0.2) is 0 Å². The van der Waals surface area contributed by atoms with Crippen LogP contribution in [0.25, 0.3) is 0 Å². The molecule has 0 bridgehead atoms. The maximum atomic E-state index is 12.0. The lowest BCUT2D eigenvalue weighted by molar-refractivity contribution is -0.115. The first-order valence-corrected chi connectivity index (χ1v) is 8.12. The third kappa shape index (κ3) is 5.85. The zero-order valence-electron chi connectivity index (χ0n) is 13.8. The van der Waals surface area contributed by atoms with Crippen LogP contribution in [0.4, 0.5) is 5.69 Å². The van der Waals surface area contributed by atoms with Gasteiger partial charge in [0.05, 0.1) is 6.54 Å². The fraction of sp³-hybridized carbons (Fsp3) is 0.263. The predicted octanol–water partition coefficient (Wildman–Crippen LogP) is 2.21. The quantitative estimate of drug-likeness (QED) is 0.652. The SMILES string of the molecule is CCNC(=O)c1cccc(NC(=O)CNCCc2ccccc2)c1. The molecule has 24 heavy (non-hydrogen) atoms. The second-order valence-corrected chi connectivity index (χ2v) is 5.40. The highest BCUT2D eigenvalue weighted by Crippen LogP contribution is 2.10. The Morgan fingerprint density at radius 1 is 1.00 bits per heavy atom. The molecule has 2 aromatic carbocycles. The third-order valence-electron chi connectivity index (χ3n) is 3.46. The van der Waals surface area contributed by atoms with Crippen LogP contribution in [0, 0.1) is 0 Å². The second-order valence-electron chi connectivity index (χ2n) is 5.40. The van der Waals surface area contributed by atoms with E-state index in [0.29, 0.717) is 17.8 Å². The third-order valence-corrected chi connectivity index (χ3v) is 3.46. The van der Waals surface area contributed by atoms with Gasteiger partial charge in [0.1, 0.15) is 0 Å². The average Bonchev–Trinajstić information content (AvgIpc) is 2.60. The minimum absolute atomic E-state index is 0.129. The van der Waals surface area contributed by atoms with Crippen molar-refractivity contribution in [1.29, 1.82) is 0 Å². The molecule has 2 amide bonds. The Hall–Kier alpha value is -2.66. The Morgan fingerprint density at radius 2 is 1.79 bits per heavy atom. The normalized spacial score (nSPS) is 10.2. The molecule has 0 spiro atoms. The van der Waals surface area contributed by atoms with Crippen molar-refractivity contribution in [1.82, 2.24) is 10.6 Å². The van der Waals surface area contributed by atoms with Gasteiger partial charge in [-0.15, -0.1) is 0 Å². The Bertz CT molecular complexity index is 671. The summed E-state index contributed by atoms with van der Waals surface area (Å²) in [6, 6.07) is 17.0. The summed E-state index contributed by atoms with van der Waals surface area (Å²) in [5, 5.41) is 8.65. The van der Waals surface area contributed by atoms with Crippen LogP contribution < -0.4 is 16.0 Å². The first-order chi connectivity index (χ1) is 11.7. The van der Waals surface area contributed by atoms with E-state index in [1.165, 1.54) is 5.56 Å². The van der Waals surface area contributed by atoms with Gasteiger partial charge in [0.25, 0.3) is 5.91 Å². The summed E-state index contributed by atoms with van der Waals surface area (Å²) in [4.78, 5) is 23.7. The van der Waals surface area contributed by atoms with Gasteiger partial charge in [0.15, 0.2) is 0 Å². The second kappa shape index (κ2) is 9.47. The van der Waals surface area contributed by atoms with E-state index in [9.17, 15) is 9.59 Å². The first kappa shape index (κ1) is 17.7. The van der Waals surface area contributed by atoms with Gasteiger partial charge in [0, 0.05) is 17.8 Å². The molecule has 0 atom stereocenters. The molecule has 0 aromatic heterocycles. The highest BCUT2D eigenvalue weighted by atomic mass is 16.2. The number of hydrogen-bond acceptors (Lipinski definition) is 3. The van der Waals surface area contributed by atoms with E-state index < -0.39 is 0 Å². The van der Waals surface area contributed by atoms with Crippen LogP contribution >= 0.6 is 0 Å². The Kier molecular flexibility index (Phi) is 6.98. The van der Waals surface area contributed by atoms with Crippen molar-refractivity contribution in [2.45, 2.75) is 13.3 Å². The number of anilines is 1. The van der Waals surface area contributed by atoms with Crippen molar-refractivity contribution in [3.8, 4) is 0 Å². The number of hydrogen-bond donors (Lipinski definition) is 3. The number of amides is 2.